The van der Waals surface area contributed by atoms with Crippen molar-refractivity contribution >= 4 is 28.9 Å². The van der Waals surface area contributed by atoms with Gasteiger partial charge in [0.05, 0.1) is 26.5 Å². The van der Waals surface area contributed by atoms with E-state index in [2.05, 4.69) is 10.6 Å². The van der Waals surface area contributed by atoms with Crippen LogP contribution in [0.1, 0.15) is 5.56 Å². The lowest BCUT2D eigenvalue weighted by atomic mass is 10.2. The molecule has 0 aliphatic heterocycles. The number of aryl methyl sites for hydroxylation is 1. The van der Waals surface area contributed by atoms with Crippen molar-refractivity contribution in [3.63, 3.8) is 0 Å². The third-order valence-electron chi connectivity index (χ3n) is 3.29. The number of amides is 1. The Balaban J connectivity index is 1.97. The number of carbonyl (C=O) groups excluding carboxylic acids is 1. The van der Waals surface area contributed by atoms with Gasteiger partial charge < -0.3 is 20.1 Å². The maximum atomic E-state index is 12.0. The second-order valence-corrected chi connectivity index (χ2v) is 5.34. The van der Waals surface area contributed by atoms with Crippen LogP contribution in [0.25, 0.3) is 0 Å². The summed E-state index contributed by atoms with van der Waals surface area (Å²) in [5.41, 5.74) is 2.33. The van der Waals surface area contributed by atoms with E-state index in [0.717, 1.165) is 17.0 Å². The smallest absolute Gasteiger partial charge is 0.243 e. The fraction of sp³-hybridized carbons (Fsp3) is 0.235. The summed E-state index contributed by atoms with van der Waals surface area (Å²) in [5.74, 6) is 1.17. The molecule has 0 aromatic heterocycles. The molecule has 0 atom stereocenters. The van der Waals surface area contributed by atoms with E-state index in [-0.39, 0.29) is 12.5 Å². The van der Waals surface area contributed by atoms with E-state index in [9.17, 15) is 4.79 Å². The molecule has 0 heterocycles. The highest BCUT2D eigenvalue weighted by molar-refractivity contribution is 6.31. The molecule has 2 rings (SSSR count). The Morgan fingerprint density at radius 3 is 2.43 bits per heavy atom. The standard InChI is InChI=1S/C17H19ClN2O3/c1-11-8-15(16(23-3)9-14(11)18)19-10-17(21)20-12-4-6-13(22-2)7-5-12/h4-9,19H,10H2,1-3H3,(H,20,21). The lowest BCUT2D eigenvalue weighted by Gasteiger charge is -2.13. The van der Waals surface area contributed by atoms with E-state index in [1.54, 1.807) is 44.6 Å². The number of methoxy groups -OCH3 is 2. The monoisotopic (exact) mass is 334 g/mol. The van der Waals surface area contributed by atoms with Crippen molar-refractivity contribution < 1.29 is 14.3 Å². The minimum Gasteiger partial charge on any atom is -0.497 e. The average molecular weight is 335 g/mol. The van der Waals surface area contributed by atoms with Gasteiger partial charge in [-0.05, 0) is 42.8 Å². The summed E-state index contributed by atoms with van der Waals surface area (Å²) < 4.78 is 10.3. The summed E-state index contributed by atoms with van der Waals surface area (Å²) >= 11 is 6.06. The number of carbonyl (C=O) groups is 1. The molecule has 0 unspecified atom stereocenters. The Morgan fingerprint density at radius 2 is 1.83 bits per heavy atom. The fourth-order valence-corrected chi connectivity index (χ4v) is 2.18. The molecule has 1 amide bonds. The number of hydrogen-bond acceptors (Lipinski definition) is 4. The van der Waals surface area contributed by atoms with Gasteiger partial charge in [-0.2, -0.15) is 0 Å². The van der Waals surface area contributed by atoms with E-state index in [4.69, 9.17) is 21.1 Å². The molecule has 0 radical (unpaired) electrons. The molecule has 0 spiro atoms. The maximum absolute atomic E-state index is 12.0. The number of halogens is 1. The molecular formula is C17H19ClN2O3. The van der Waals surface area contributed by atoms with Crippen LogP contribution < -0.4 is 20.1 Å². The van der Waals surface area contributed by atoms with E-state index >= 15 is 0 Å². The molecule has 23 heavy (non-hydrogen) atoms. The SMILES string of the molecule is COc1ccc(NC(=O)CNc2cc(C)c(Cl)cc2OC)cc1. The van der Waals surface area contributed by atoms with Crippen LogP contribution in [0.3, 0.4) is 0 Å². The van der Waals surface area contributed by atoms with Crippen molar-refractivity contribution in [1.29, 1.82) is 0 Å². The molecule has 122 valence electrons. The Kier molecular flexibility index (Phi) is 5.71. The predicted molar refractivity (Wildman–Crippen MR) is 92.9 cm³/mol. The first-order chi connectivity index (χ1) is 11.0. The number of ether oxygens (including phenoxy) is 2. The third-order valence-corrected chi connectivity index (χ3v) is 3.70. The molecule has 0 aliphatic rings. The van der Waals surface area contributed by atoms with Gasteiger partial charge in [0, 0.05) is 16.8 Å². The van der Waals surface area contributed by atoms with Crippen LogP contribution in [0.4, 0.5) is 11.4 Å². The van der Waals surface area contributed by atoms with E-state index in [1.165, 1.54) is 0 Å². The maximum Gasteiger partial charge on any atom is 0.243 e. The molecule has 5 nitrogen and oxygen atoms in total. The molecular weight excluding hydrogens is 316 g/mol. The molecule has 0 saturated heterocycles. The number of nitrogens with one attached hydrogen (secondary N) is 2. The van der Waals surface area contributed by atoms with Crippen LogP contribution in [-0.4, -0.2) is 26.7 Å². The second-order valence-electron chi connectivity index (χ2n) is 4.93. The van der Waals surface area contributed by atoms with E-state index < -0.39 is 0 Å². The molecule has 2 aromatic rings. The highest BCUT2D eigenvalue weighted by Gasteiger charge is 2.09. The molecule has 2 aromatic carbocycles. The van der Waals surface area contributed by atoms with Crippen molar-refractivity contribution in [2.75, 3.05) is 31.4 Å². The zero-order valence-electron chi connectivity index (χ0n) is 13.3. The average Bonchev–Trinajstić information content (AvgIpc) is 2.56. The minimum absolute atomic E-state index is 0.115. The highest BCUT2D eigenvalue weighted by atomic mass is 35.5. The van der Waals surface area contributed by atoms with Crippen LogP contribution in [0.5, 0.6) is 11.5 Å². The van der Waals surface area contributed by atoms with Crippen LogP contribution in [0.15, 0.2) is 36.4 Å². The summed E-state index contributed by atoms with van der Waals surface area (Å²) in [6.45, 7) is 2.01. The number of anilines is 2. The molecule has 0 aliphatic carbocycles. The molecule has 2 N–H and O–H groups in total. The van der Waals surface area contributed by atoms with Gasteiger partial charge in [-0.15, -0.1) is 0 Å². The zero-order chi connectivity index (χ0) is 16.8. The molecule has 0 bridgehead atoms. The Hall–Kier alpha value is -2.40. The van der Waals surface area contributed by atoms with E-state index in [0.29, 0.717) is 16.5 Å². The van der Waals surface area contributed by atoms with Crippen LogP contribution in [0, 0.1) is 6.92 Å². The van der Waals surface area contributed by atoms with Crippen LogP contribution >= 0.6 is 11.6 Å². The van der Waals surface area contributed by atoms with Crippen LogP contribution in [0.2, 0.25) is 5.02 Å². The fourth-order valence-electron chi connectivity index (χ4n) is 2.03. The first-order valence-electron chi connectivity index (χ1n) is 7.05. The third kappa shape index (κ3) is 4.53. The van der Waals surface area contributed by atoms with Gasteiger partial charge in [0.25, 0.3) is 0 Å². The van der Waals surface area contributed by atoms with Crippen LogP contribution in [-0.2, 0) is 4.79 Å². The predicted octanol–water partition coefficient (Wildman–Crippen LogP) is 3.72. The summed E-state index contributed by atoms with van der Waals surface area (Å²) in [6, 6.07) is 10.7. The zero-order valence-corrected chi connectivity index (χ0v) is 14.0. The van der Waals surface area contributed by atoms with Gasteiger partial charge in [0.2, 0.25) is 5.91 Å². The molecule has 0 fully saturated rings. The topological polar surface area (TPSA) is 59.6 Å². The lowest BCUT2D eigenvalue weighted by Crippen LogP contribution is -2.22. The van der Waals surface area contributed by atoms with Crippen molar-refractivity contribution in [3.8, 4) is 11.5 Å². The van der Waals surface area contributed by atoms with Gasteiger partial charge in [-0.3, -0.25) is 4.79 Å². The summed E-state index contributed by atoms with van der Waals surface area (Å²) in [5, 5.41) is 6.48. The number of hydrogen-bond donors (Lipinski definition) is 2. The van der Waals surface area contributed by atoms with Crippen molar-refractivity contribution in [1.82, 2.24) is 0 Å². The van der Waals surface area contributed by atoms with Gasteiger partial charge >= 0.3 is 0 Å². The minimum atomic E-state index is -0.162. The second kappa shape index (κ2) is 7.74. The van der Waals surface area contributed by atoms with Crippen molar-refractivity contribution in [3.05, 3.63) is 47.0 Å². The summed E-state index contributed by atoms with van der Waals surface area (Å²) in [4.78, 5) is 12.0. The van der Waals surface area contributed by atoms with Crippen molar-refractivity contribution in [2.45, 2.75) is 6.92 Å². The van der Waals surface area contributed by atoms with Crippen molar-refractivity contribution in [2.24, 2.45) is 0 Å². The highest BCUT2D eigenvalue weighted by Crippen LogP contribution is 2.30. The quantitative estimate of drug-likeness (QED) is 0.845. The number of benzene rings is 2. The van der Waals surface area contributed by atoms with Gasteiger partial charge in [0.15, 0.2) is 0 Å². The Labute approximate surface area is 140 Å². The first-order valence-corrected chi connectivity index (χ1v) is 7.43. The Bertz CT molecular complexity index is 687. The first kappa shape index (κ1) is 17.0. The lowest BCUT2D eigenvalue weighted by molar-refractivity contribution is -0.114. The van der Waals surface area contributed by atoms with Gasteiger partial charge in [0.1, 0.15) is 11.5 Å². The van der Waals surface area contributed by atoms with Gasteiger partial charge in [-0.25, -0.2) is 0 Å². The largest absolute Gasteiger partial charge is 0.497 e. The summed E-state index contributed by atoms with van der Waals surface area (Å²) in [7, 11) is 3.16. The normalized spacial score (nSPS) is 10.1. The molecule has 6 heteroatoms. The summed E-state index contributed by atoms with van der Waals surface area (Å²) in [6.07, 6.45) is 0. The number of rotatable bonds is 6. The Morgan fingerprint density at radius 1 is 1.13 bits per heavy atom. The van der Waals surface area contributed by atoms with Gasteiger partial charge in [-0.1, -0.05) is 11.6 Å². The molecule has 0 saturated carbocycles. The van der Waals surface area contributed by atoms with E-state index in [1.807, 2.05) is 13.0 Å².